The van der Waals surface area contributed by atoms with Gasteiger partial charge in [0.15, 0.2) is 17.4 Å². The second kappa shape index (κ2) is 8.62. The van der Waals surface area contributed by atoms with E-state index in [1.165, 1.54) is 17.7 Å². The van der Waals surface area contributed by atoms with Gasteiger partial charge < -0.3 is 24.4 Å². The van der Waals surface area contributed by atoms with Crippen molar-refractivity contribution in [3.63, 3.8) is 0 Å². The fourth-order valence-electron chi connectivity index (χ4n) is 9.27. The minimum Gasteiger partial charge on any atom is -0.461 e. The smallest absolute Gasteiger partial charge is 0.230 e. The number of aliphatic hydroxyl groups is 2. The lowest BCUT2D eigenvalue weighted by Gasteiger charge is -2.61. The molecule has 0 amide bonds. The molecule has 2 N–H and O–H groups in total. The average Bonchev–Trinajstić information content (AvgIpc) is 3.63. The second-order valence-electron chi connectivity index (χ2n) is 12.4. The van der Waals surface area contributed by atoms with E-state index in [0.717, 1.165) is 43.0 Å². The molecule has 0 radical (unpaired) electrons. The van der Waals surface area contributed by atoms with Gasteiger partial charge in [0, 0.05) is 11.5 Å². The molecule has 2 heterocycles. The van der Waals surface area contributed by atoms with Crippen molar-refractivity contribution in [1.82, 2.24) is 9.78 Å². The van der Waals surface area contributed by atoms with Gasteiger partial charge in [0.05, 0.1) is 23.7 Å². The summed E-state index contributed by atoms with van der Waals surface area (Å²) in [5.74, 6) is -0.562. The van der Waals surface area contributed by atoms with Gasteiger partial charge in [-0.1, -0.05) is 19.4 Å². The van der Waals surface area contributed by atoms with Gasteiger partial charge in [0.25, 0.3) is 0 Å². The molecule has 0 saturated heterocycles. The van der Waals surface area contributed by atoms with Gasteiger partial charge in [0.1, 0.15) is 18.7 Å². The van der Waals surface area contributed by atoms with E-state index in [0.29, 0.717) is 24.3 Å². The first-order valence-corrected chi connectivity index (χ1v) is 13.8. The normalized spacial score (nSPS) is 38.5. The van der Waals surface area contributed by atoms with Crippen LogP contribution in [0.25, 0.3) is 11.8 Å². The Morgan fingerprint density at radius 3 is 2.79 bits per heavy atom. The van der Waals surface area contributed by atoms with Crippen LogP contribution in [0.1, 0.15) is 57.2 Å². The quantitative estimate of drug-likeness (QED) is 0.539. The van der Waals surface area contributed by atoms with Gasteiger partial charge in [-0.15, -0.1) is 0 Å². The van der Waals surface area contributed by atoms with Gasteiger partial charge in [0.2, 0.25) is 6.79 Å². The molecular weight excluding hydrogens is 506 g/mol. The minimum absolute atomic E-state index is 0.0509. The summed E-state index contributed by atoms with van der Waals surface area (Å²) in [7, 11) is 0. The molecule has 2 unspecified atom stereocenters. The Bertz CT molecular complexity index is 1390. The molecule has 39 heavy (non-hydrogen) atoms. The van der Waals surface area contributed by atoms with E-state index in [4.69, 9.17) is 14.2 Å². The fraction of sp³-hybridized carbons (Fsp3) is 0.567. The van der Waals surface area contributed by atoms with Crippen LogP contribution in [0.5, 0.6) is 0 Å². The molecule has 5 aliphatic rings. The number of allylic oxidation sites excluding steroid dienone is 1. The summed E-state index contributed by atoms with van der Waals surface area (Å²) in [5, 5.41) is 26.4. The summed E-state index contributed by atoms with van der Waals surface area (Å²) in [5.41, 5.74) is 2.17. The molecule has 1 aromatic carbocycles. The number of aromatic nitrogens is 2. The largest absolute Gasteiger partial charge is 0.461 e. The van der Waals surface area contributed by atoms with Gasteiger partial charge in [-0.3, -0.25) is 0 Å². The Morgan fingerprint density at radius 2 is 2.05 bits per heavy atom. The highest BCUT2D eigenvalue weighted by atomic mass is 19.2. The molecule has 3 saturated carbocycles. The molecule has 9 heteroatoms. The van der Waals surface area contributed by atoms with Gasteiger partial charge in [-0.2, -0.15) is 5.10 Å². The summed E-state index contributed by atoms with van der Waals surface area (Å²) in [6.07, 6.45) is 9.70. The number of aliphatic hydroxyl groups excluding tert-OH is 2. The van der Waals surface area contributed by atoms with Crippen LogP contribution in [0.4, 0.5) is 8.78 Å². The maximum atomic E-state index is 14.0. The number of fused-ring (bicyclic) bond motifs is 6. The van der Waals surface area contributed by atoms with Crippen LogP contribution in [0.2, 0.25) is 0 Å². The van der Waals surface area contributed by atoms with E-state index in [-0.39, 0.29) is 30.0 Å². The zero-order valence-electron chi connectivity index (χ0n) is 22.2. The summed E-state index contributed by atoms with van der Waals surface area (Å²) in [4.78, 5) is 0. The van der Waals surface area contributed by atoms with Crippen LogP contribution < -0.4 is 0 Å². The van der Waals surface area contributed by atoms with E-state index in [1.807, 2.05) is 6.20 Å². The molecule has 2 aromatic rings. The lowest BCUT2D eigenvalue weighted by molar-refractivity contribution is -0.209. The molecule has 0 spiro atoms. The Labute approximate surface area is 226 Å². The van der Waals surface area contributed by atoms with Crippen LogP contribution in [0, 0.1) is 40.2 Å². The van der Waals surface area contributed by atoms with Crippen molar-refractivity contribution in [2.45, 2.75) is 64.1 Å². The third kappa shape index (κ3) is 3.33. The lowest BCUT2D eigenvalue weighted by Crippen LogP contribution is -2.61. The highest BCUT2D eigenvalue weighted by Gasteiger charge is 2.69. The van der Waals surface area contributed by atoms with Crippen molar-refractivity contribution in [3.8, 4) is 5.69 Å². The average molecular weight is 541 g/mol. The maximum Gasteiger partial charge on any atom is 0.230 e. The zero-order valence-corrected chi connectivity index (χ0v) is 22.2. The minimum atomic E-state index is -0.901. The molecular formula is C30H34F2N2O5. The van der Waals surface area contributed by atoms with Crippen LogP contribution in [0.3, 0.4) is 0 Å². The van der Waals surface area contributed by atoms with E-state index in [2.05, 4.69) is 25.0 Å². The summed E-state index contributed by atoms with van der Waals surface area (Å²) < 4.78 is 46.6. The summed E-state index contributed by atoms with van der Waals surface area (Å²) in [6, 6.07) is 3.84. The number of hydrogen-bond donors (Lipinski definition) is 2. The van der Waals surface area contributed by atoms with Gasteiger partial charge in [-0.25, -0.2) is 13.5 Å². The Morgan fingerprint density at radius 1 is 1.21 bits per heavy atom. The fourth-order valence-corrected chi connectivity index (χ4v) is 9.27. The Hall–Kier alpha value is -2.75. The third-order valence-corrected chi connectivity index (χ3v) is 10.9. The molecule has 1 aromatic heterocycles. The van der Waals surface area contributed by atoms with E-state index < -0.39 is 35.5 Å². The van der Waals surface area contributed by atoms with Crippen molar-refractivity contribution in [2.24, 2.45) is 28.6 Å². The van der Waals surface area contributed by atoms with Crippen molar-refractivity contribution in [1.29, 1.82) is 0 Å². The van der Waals surface area contributed by atoms with Crippen molar-refractivity contribution < 1.29 is 33.2 Å². The monoisotopic (exact) mass is 540 g/mol. The van der Waals surface area contributed by atoms with E-state index >= 15 is 0 Å². The summed E-state index contributed by atoms with van der Waals surface area (Å²) >= 11 is 0. The predicted octanol–water partition coefficient (Wildman–Crippen LogP) is 4.85. The topological polar surface area (TPSA) is 86.0 Å². The van der Waals surface area contributed by atoms with Crippen LogP contribution in [-0.2, 0) is 20.6 Å². The number of hydrogen-bond acceptors (Lipinski definition) is 6. The molecule has 0 bridgehead atoms. The molecule has 7 rings (SSSR count). The van der Waals surface area contributed by atoms with E-state index in [1.54, 1.807) is 10.9 Å². The number of rotatable bonds is 4. The first-order valence-electron chi connectivity index (χ1n) is 13.8. The molecule has 1 aliphatic heterocycles. The number of nitrogens with zero attached hydrogens (tertiary/aromatic N) is 2. The number of benzene rings is 1. The predicted molar refractivity (Wildman–Crippen MR) is 137 cm³/mol. The maximum absolute atomic E-state index is 14.0. The van der Waals surface area contributed by atoms with Gasteiger partial charge in [-0.05, 0) is 85.5 Å². The van der Waals surface area contributed by atoms with Gasteiger partial charge >= 0.3 is 0 Å². The van der Waals surface area contributed by atoms with E-state index in [9.17, 15) is 19.0 Å². The first-order chi connectivity index (χ1) is 18.7. The second-order valence-corrected chi connectivity index (χ2v) is 12.4. The molecule has 3 fully saturated rings. The van der Waals surface area contributed by atoms with Crippen LogP contribution >= 0.6 is 0 Å². The number of ether oxygens (including phenoxy) is 3. The highest BCUT2D eigenvalue weighted by molar-refractivity contribution is 5.61. The Kier molecular flexibility index (Phi) is 5.58. The molecule has 7 nitrogen and oxygen atoms in total. The third-order valence-electron chi connectivity index (χ3n) is 10.9. The molecule has 208 valence electrons. The Balaban J connectivity index is 1.24. The van der Waals surface area contributed by atoms with Crippen molar-refractivity contribution in [3.05, 3.63) is 64.9 Å². The lowest BCUT2D eigenvalue weighted by atomic mass is 9.45. The standard InChI is InChI=1S/C30H34F2N2O5/c1-28-11-17-13-33-34(19-4-6-22(31)23(32)10-19)24(17)9-18(28)3-5-20-21-7-8-30(39-15-35,26-14-37-16-38-26)29(21,2)12-25(36)27(20)28/h4,6,9-10,13-14,20-21,25,27,35-36H,3,5,7-8,11-12,15-16H2,1-2H3/t20-,21?,25-,27?,28-,29-,30-/m0/s1. The summed E-state index contributed by atoms with van der Waals surface area (Å²) in [6.45, 7) is 4.15. The van der Waals surface area contributed by atoms with Crippen molar-refractivity contribution >= 4 is 6.08 Å². The highest BCUT2D eigenvalue weighted by Crippen LogP contribution is 2.69. The van der Waals surface area contributed by atoms with Crippen molar-refractivity contribution in [2.75, 3.05) is 13.6 Å². The first kappa shape index (κ1) is 25.2. The number of halogens is 2. The zero-order chi connectivity index (χ0) is 27.2. The molecule has 4 aliphatic carbocycles. The van der Waals surface area contributed by atoms with Crippen LogP contribution in [-0.4, -0.2) is 45.3 Å². The molecule has 7 atom stereocenters. The van der Waals surface area contributed by atoms with Crippen LogP contribution in [0.15, 0.2) is 42.0 Å². The SMILES string of the molecule is C[C@]12Cc3cnn(-c4ccc(F)c(F)c4)c3C=C1CC[C@@H]1C2[C@@H](O)C[C@@]2(C)C1CC[C@]2(OCO)C1=COCO1.